The lowest BCUT2D eigenvalue weighted by Crippen LogP contribution is -2.03. The quantitative estimate of drug-likeness (QED) is 0.619. The average Bonchev–Trinajstić information content (AvgIpc) is 2.87. The van der Waals surface area contributed by atoms with Crippen LogP contribution in [0.15, 0.2) is 18.2 Å². The van der Waals surface area contributed by atoms with Crippen molar-refractivity contribution < 1.29 is 4.92 Å². The molecule has 0 radical (unpaired) electrons. The van der Waals surface area contributed by atoms with Gasteiger partial charge in [-0.25, -0.2) is 0 Å². The molecule has 0 amide bonds. The number of benzene rings is 1. The van der Waals surface area contributed by atoms with Crippen LogP contribution in [0.25, 0.3) is 0 Å². The molecule has 0 aliphatic heterocycles. The van der Waals surface area contributed by atoms with Gasteiger partial charge in [-0.3, -0.25) is 10.1 Å². The summed E-state index contributed by atoms with van der Waals surface area (Å²) in [6, 6.07) is 4.93. The summed E-state index contributed by atoms with van der Waals surface area (Å²) in [7, 11) is 0. The molecule has 1 aromatic rings. The molecule has 1 aromatic carbocycles. The zero-order chi connectivity index (χ0) is 10.1. The Morgan fingerprint density at radius 3 is 2.79 bits per heavy atom. The van der Waals surface area contributed by atoms with Crippen LogP contribution in [-0.4, -0.2) is 11.0 Å². The van der Waals surface area contributed by atoms with Crippen LogP contribution in [0.1, 0.15) is 12.8 Å². The van der Waals surface area contributed by atoms with Crippen molar-refractivity contribution >= 4 is 23.0 Å². The van der Waals surface area contributed by atoms with Crippen LogP contribution in [0.4, 0.5) is 11.4 Å². The molecule has 0 atom stereocenters. The van der Waals surface area contributed by atoms with Gasteiger partial charge in [-0.1, -0.05) is 11.6 Å². The number of nitro groups is 1. The van der Waals surface area contributed by atoms with Crippen molar-refractivity contribution in [3.05, 3.63) is 33.3 Å². The third-order valence-electron chi connectivity index (χ3n) is 2.09. The monoisotopic (exact) mass is 212 g/mol. The van der Waals surface area contributed by atoms with E-state index in [1.807, 2.05) is 0 Å². The molecule has 14 heavy (non-hydrogen) atoms. The number of halogens is 1. The van der Waals surface area contributed by atoms with Gasteiger partial charge in [-0.2, -0.15) is 0 Å². The van der Waals surface area contributed by atoms with Gasteiger partial charge >= 0.3 is 0 Å². The number of hydrogen-bond donors (Lipinski definition) is 1. The summed E-state index contributed by atoms with van der Waals surface area (Å²) < 4.78 is 0. The molecule has 5 heteroatoms. The highest BCUT2D eigenvalue weighted by Crippen LogP contribution is 2.32. The van der Waals surface area contributed by atoms with Crippen LogP contribution in [0.3, 0.4) is 0 Å². The summed E-state index contributed by atoms with van der Waals surface area (Å²) in [5, 5.41) is 14.3. The highest BCUT2D eigenvalue weighted by Gasteiger charge is 2.24. The van der Waals surface area contributed by atoms with Crippen molar-refractivity contribution in [2.75, 3.05) is 5.32 Å². The van der Waals surface area contributed by atoms with E-state index in [9.17, 15) is 10.1 Å². The largest absolute Gasteiger partial charge is 0.377 e. The molecule has 0 spiro atoms. The molecule has 0 unspecified atom stereocenters. The minimum atomic E-state index is -0.402. The van der Waals surface area contributed by atoms with Gasteiger partial charge in [0.15, 0.2) is 0 Å². The number of nitrogens with one attached hydrogen (secondary N) is 1. The molecule has 0 bridgehead atoms. The van der Waals surface area contributed by atoms with Gasteiger partial charge < -0.3 is 5.32 Å². The Balaban J connectivity index is 2.31. The van der Waals surface area contributed by atoms with Crippen molar-refractivity contribution in [1.82, 2.24) is 0 Å². The Kier molecular flexibility index (Phi) is 2.29. The second kappa shape index (κ2) is 3.46. The van der Waals surface area contributed by atoms with Crippen molar-refractivity contribution in [1.29, 1.82) is 0 Å². The van der Waals surface area contributed by atoms with E-state index in [-0.39, 0.29) is 5.69 Å². The van der Waals surface area contributed by atoms with Gasteiger partial charge in [-0.05, 0) is 25.0 Å². The molecule has 1 N–H and O–H groups in total. The van der Waals surface area contributed by atoms with Gasteiger partial charge in [0.05, 0.1) is 4.92 Å². The predicted molar refractivity (Wildman–Crippen MR) is 54.8 cm³/mol. The average molecular weight is 213 g/mol. The fourth-order valence-corrected chi connectivity index (χ4v) is 1.40. The molecule has 2 rings (SSSR count). The highest BCUT2D eigenvalue weighted by molar-refractivity contribution is 6.31. The molecule has 0 heterocycles. The van der Waals surface area contributed by atoms with Crippen molar-refractivity contribution in [2.24, 2.45) is 0 Å². The Hall–Kier alpha value is -1.29. The molecule has 1 aliphatic rings. The fourth-order valence-electron chi connectivity index (χ4n) is 1.23. The second-order valence-electron chi connectivity index (χ2n) is 3.34. The minimum absolute atomic E-state index is 0.0845. The van der Waals surface area contributed by atoms with Gasteiger partial charge in [0.2, 0.25) is 0 Å². The molecular formula is C9H9ClN2O2. The van der Waals surface area contributed by atoms with Gasteiger partial charge in [-0.15, -0.1) is 0 Å². The van der Waals surface area contributed by atoms with Crippen LogP contribution >= 0.6 is 11.6 Å². The van der Waals surface area contributed by atoms with E-state index in [0.717, 1.165) is 12.8 Å². The molecule has 74 valence electrons. The Labute approximate surface area is 86.0 Å². The number of nitro benzene ring substituents is 1. The summed E-state index contributed by atoms with van der Waals surface area (Å²) in [6.07, 6.45) is 2.15. The maximum Gasteiger partial charge on any atom is 0.292 e. The predicted octanol–water partition coefficient (Wildman–Crippen LogP) is 2.82. The molecule has 0 saturated heterocycles. The van der Waals surface area contributed by atoms with Crippen LogP contribution in [0.2, 0.25) is 5.02 Å². The lowest BCUT2D eigenvalue weighted by molar-refractivity contribution is -0.384. The number of rotatable bonds is 3. The van der Waals surface area contributed by atoms with E-state index >= 15 is 0 Å². The van der Waals surface area contributed by atoms with Gasteiger partial charge in [0, 0.05) is 17.1 Å². The zero-order valence-electron chi connectivity index (χ0n) is 7.37. The molecule has 1 aliphatic carbocycles. The third kappa shape index (κ3) is 1.96. The molecule has 4 nitrogen and oxygen atoms in total. The lowest BCUT2D eigenvalue weighted by Gasteiger charge is -2.05. The Morgan fingerprint density at radius 2 is 2.21 bits per heavy atom. The van der Waals surface area contributed by atoms with Crippen LogP contribution < -0.4 is 5.32 Å². The topological polar surface area (TPSA) is 55.2 Å². The summed E-state index contributed by atoms with van der Waals surface area (Å²) >= 11 is 5.76. The summed E-state index contributed by atoms with van der Waals surface area (Å²) in [5.41, 5.74) is 0.603. The standard InChI is InChI=1S/C9H9ClN2O2/c10-6-1-4-9(12(13)14)8(5-6)11-7-2-3-7/h1,4-5,7,11H,2-3H2. The van der Waals surface area contributed by atoms with Crippen LogP contribution in [0, 0.1) is 10.1 Å². The second-order valence-corrected chi connectivity index (χ2v) is 3.77. The number of hydrogen-bond acceptors (Lipinski definition) is 3. The smallest absolute Gasteiger partial charge is 0.292 e. The van der Waals surface area contributed by atoms with E-state index < -0.39 is 4.92 Å². The summed E-state index contributed by atoms with van der Waals surface area (Å²) in [4.78, 5) is 10.3. The maximum absolute atomic E-state index is 10.7. The van der Waals surface area contributed by atoms with E-state index in [2.05, 4.69) is 5.32 Å². The Morgan fingerprint density at radius 1 is 1.50 bits per heavy atom. The normalized spacial score (nSPS) is 15.2. The van der Waals surface area contributed by atoms with Crippen molar-refractivity contribution in [3.8, 4) is 0 Å². The van der Waals surface area contributed by atoms with Gasteiger partial charge in [0.25, 0.3) is 5.69 Å². The lowest BCUT2D eigenvalue weighted by atomic mass is 10.2. The first-order valence-corrected chi connectivity index (χ1v) is 4.75. The first-order valence-electron chi connectivity index (χ1n) is 4.37. The van der Waals surface area contributed by atoms with Crippen LogP contribution in [0.5, 0.6) is 0 Å². The fraction of sp³-hybridized carbons (Fsp3) is 0.333. The summed E-state index contributed by atoms with van der Waals surface area (Å²) in [5.74, 6) is 0. The first-order chi connectivity index (χ1) is 6.66. The number of nitrogens with zero attached hydrogens (tertiary/aromatic N) is 1. The number of anilines is 1. The van der Waals surface area contributed by atoms with E-state index in [1.54, 1.807) is 6.07 Å². The summed E-state index contributed by atoms with van der Waals surface area (Å²) in [6.45, 7) is 0. The minimum Gasteiger partial charge on any atom is -0.377 e. The third-order valence-corrected chi connectivity index (χ3v) is 2.33. The molecule has 1 fully saturated rings. The van der Waals surface area contributed by atoms with Crippen molar-refractivity contribution in [3.63, 3.8) is 0 Å². The van der Waals surface area contributed by atoms with Crippen molar-refractivity contribution in [2.45, 2.75) is 18.9 Å². The highest BCUT2D eigenvalue weighted by atomic mass is 35.5. The Bertz CT molecular complexity index is 377. The van der Waals surface area contributed by atoms with E-state index in [0.29, 0.717) is 16.8 Å². The molecule has 0 aromatic heterocycles. The van der Waals surface area contributed by atoms with E-state index in [4.69, 9.17) is 11.6 Å². The molecular weight excluding hydrogens is 204 g/mol. The van der Waals surface area contributed by atoms with Gasteiger partial charge in [0.1, 0.15) is 5.69 Å². The maximum atomic E-state index is 10.7. The van der Waals surface area contributed by atoms with E-state index in [1.165, 1.54) is 12.1 Å². The zero-order valence-corrected chi connectivity index (χ0v) is 8.12. The van der Waals surface area contributed by atoms with Crippen LogP contribution in [-0.2, 0) is 0 Å². The molecule has 1 saturated carbocycles. The first kappa shape index (κ1) is 9.27. The SMILES string of the molecule is O=[N+]([O-])c1ccc(Cl)cc1NC1CC1.